The molecule has 0 aliphatic rings. The van der Waals surface area contributed by atoms with Gasteiger partial charge in [-0.25, -0.2) is 14.9 Å². The van der Waals surface area contributed by atoms with Crippen molar-refractivity contribution in [1.82, 2.24) is 10.5 Å². The van der Waals surface area contributed by atoms with Crippen LogP contribution in [0.3, 0.4) is 0 Å². The predicted molar refractivity (Wildman–Crippen MR) is 43.2 cm³/mol. The molecule has 1 rings (SSSR count). The quantitative estimate of drug-likeness (QED) is 0.588. The van der Waals surface area contributed by atoms with E-state index >= 15 is 0 Å². The molecule has 0 saturated carbocycles. The minimum Gasteiger partial charge on any atom is -0.274 e. The monoisotopic (exact) mass is 202 g/mol. The standard InChI is InChI=1S/C8H8F2N2O2/c1-2-14-12-8(13)5-3-4-11-7(10)6(5)9/h3-4H,2H2,1H3,(H,12,13). The van der Waals surface area contributed by atoms with Crippen LogP contribution in [0.4, 0.5) is 8.78 Å². The zero-order chi connectivity index (χ0) is 10.6. The third-order valence-electron chi connectivity index (χ3n) is 1.40. The summed E-state index contributed by atoms with van der Waals surface area (Å²) in [4.78, 5) is 18.7. The Bertz CT molecular complexity index is 344. The largest absolute Gasteiger partial charge is 0.278 e. The second kappa shape index (κ2) is 4.61. The lowest BCUT2D eigenvalue weighted by Crippen LogP contribution is -2.25. The highest BCUT2D eigenvalue weighted by molar-refractivity contribution is 5.93. The number of carbonyl (C=O) groups excluding carboxylic acids is 1. The van der Waals surface area contributed by atoms with E-state index in [9.17, 15) is 13.6 Å². The predicted octanol–water partition coefficient (Wildman–Crippen LogP) is 1.04. The molecule has 4 nitrogen and oxygen atoms in total. The van der Waals surface area contributed by atoms with E-state index in [1.807, 2.05) is 5.48 Å². The van der Waals surface area contributed by atoms with E-state index in [2.05, 4.69) is 9.82 Å². The Morgan fingerprint density at radius 3 is 3.00 bits per heavy atom. The van der Waals surface area contributed by atoms with Gasteiger partial charge in [-0.05, 0) is 13.0 Å². The molecular formula is C8H8F2N2O2. The number of hydroxylamine groups is 1. The molecular weight excluding hydrogens is 194 g/mol. The van der Waals surface area contributed by atoms with E-state index in [-0.39, 0.29) is 6.61 Å². The van der Waals surface area contributed by atoms with Crippen LogP contribution in [0.25, 0.3) is 0 Å². The first-order valence-electron chi connectivity index (χ1n) is 3.89. The van der Waals surface area contributed by atoms with Crippen LogP contribution < -0.4 is 5.48 Å². The van der Waals surface area contributed by atoms with Crippen LogP contribution in [0.15, 0.2) is 12.3 Å². The Hall–Kier alpha value is -1.56. The normalized spacial score (nSPS) is 9.93. The first kappa shape index (κ1) is 10.5. The Morgan fingerprint density at radius 2 is 2.36 bits per heavy atom. The molecule has 0 unspecified atom stereocenters. The van der Waals surface area contributed by atoms with Crippen LogP contribution in [0.5, 0.6) is 0 Å². The van der Waals surface area contributed by atoms with E-state index in [4.69, 9.17) is 0 Å². The smallest absolute Gasteiger partial charge is 0.274 e. The first-order valence-corrected chi connectivity index (χ1v) is 3.89. The summed E-state index contributed by atoms with van der Waals surface area (Å²) < 4.78 is 25.5. The molecule has 1 amide bonds. The molecule has 1 aromatic heterocycles. The maximum atomic E-state index is 12.9. The number of hydrogen-bond acceptors (Lipinski definition) is 3. The van der Waals surface area contributed by atoms with Gasteiger partial charge in [0.1, 0.15) is 0 Å². The van der Waals surface area contributed by atoms with E-state index < -0.39 is 23.2 Å². The number of nitrogens with one attached hydrogen (secondary N) is 1. The number of rotatable bonds is 3. The third-order valence-corrected chi connectivity index (χ3v) is 1.40. The highest BCUT2D eigenvalue weighted by Crippen LogP contribution is 2.08. The summed E-state index contributed by atoms with van der Waals surface area (Å²) >= 11 is 0. The lowest BCUT2D eigenvalue weighted by molar-refractivity contribution is 0.0360. The van der Waals surface area contributed by atoms with Gasteiger partial charge in [0.25, 0.3) is 5.91 Å². The average molecular weight is 202 g/mol. The van der Waals surface area contributed by atoms with Gasteiger partial charge in [0, 0.05) is 6.20 Å². The molecule has 0 spiro atoms. The van der Waals surface area contributed by atoms with Crippen LogP contribution in [0.2, 0.25) is 0 Å². The molecule has 0 aliphatic heterocycles. The van der Waals surface area contributed by atoms with Crippen molar-refractivity contribution in [3.63, 3.8) is 0 Å². The van der Waals surface area contributed by atoms with Gasteiger partial charge in [0.15, 0.2) is 5.82 Å². The highest BCUT2D eigenvalue weighted by Gasteiger charge is 2.15. The minimum absolute atomic E-state index is 0.237. The Balaban J connectivity index is 2.84. The van der Waals surface area contributed by atoms with Crippen LogP contribution in [0, 0.1) is 11.8 Å². The molecule has 1 N–H and O–H groups in total. The number of hydrogen-bond donors (Lipinski definition) is 1. The maximum absolute atomic E-state index is 12.9. The fourth-order valence-corrected chi connectivity index (χ4v) is 0.786. The molecule has 1 heterocycles. The fourth-order valence-electron chi connectivity index (χ4n) is 0.786. The summed E-state index contributed by atoms with van der Waals surface area (Å²) in [5, 5.41) is 0. The molecule has 1 aromatic rings. The Labute approximate surface area is 78.9 Å². The van der Waals surface area contributed by atoms with E-state index in [0.717, 1.165) is 12.3 Å². The van der Waals surface area contributed by atoms with Crippen molar-refractivity contribution >= 4 is 5.91 Å². The molecule has 76 valence electrons. The Morgan fingerprint density at radius 1 is 1.64 bits per heavy atom. The molecule has 0 bridgehead atoms. The van der Waals surface area contributed by atoms with Gasteiger partial charge in [-0.15, -0.1) is 0 Å². The molecule has 0 aromatic carbocycles. The second-order valence-corrected chi connectivity index (χ2v) is 2.33. The molecule has 14 heavy (non-hydrogen) atoms. The molecule has 0 aliphatic carbocycles. The molecule has 0 atom stereocenters. The SMILES string of the molecule is CCONC(=O)c1ccnc(F)c1F. The van der Waals surface area contributed by atoms with E-state index in [1.165, 1.54) is 0 Å². The maximum Gasteiger partial charge on any atom is 0.278 e. The van der Waals surface area contributed by atoms with Gasteiger partial charge in [-0.2, -0.15) is 4.39 Å². The summed E-state index contributed by atoms with van der Waals surface area (Å²) in [7, 11) is 0. The van der Waals surface area contributed by atoms with Crippen molar-refractivity contribution in [3.05, 3.63) is 29.6 Å². The number of nitrogens with zero attached hydrogens (tertiary/aromatic N) is 1. The van der Waals surface area contributed by atoms with Crippen molar-refractivity contribution in [3.8, 4) is 0 Å². The number of carbonyl (C=O) groups is 1. The minimum atomic E-state index is -1.31. The number of halogens is 2. The van der Waals surface area contributed by atoms with Crippen molar-refractivity contribution in [2.45, 2.75) is 6.92 Å². The summed E-state index contributed by atoms with van der Waals surface area (Å²) in [6.45, 7) is 1.88. The van der Waals surface area contributed by atoms with Crippen LogP contribution in [0.1, 0.15) is 17.3 Å². The Kier molecular flexibility index (Phi) is 3.47. The van der Waals surface area contributed by atoms with Gasteiger partial charge in [0.2, 0.25) is 5.95 Å². The fraction of sp³-hybridized carbons (Fsp3) is 0.250. The number of amides is 1. The zero-order valence-corrected chi connectivity index (χ0v) is 7.38. The van der Waals surface area contributed by atoms with Crippen LogP contribution >= 0.6 is 0 Å². The molecule has 0 saturated heterocycles. The van der Waals surface area contributed by atoms with Crippen molar-refractivity contribution in [2.24, 2.45) is 0 Å². The molecule has 0 fully saturated rings. The summed E-state index contributed by atoms with van der Waals surface area (Å²) in [5.41, 5.74) is 1.50. The van der Waals surface area contributed by atoms with Crippen LogP contribution in [-0.2, 0) is 4.84 Å². The lowest BCUT2D eigenvalue weighted by atomic mass is 10.2. The second-order valence-electron chi connectivity index (χ2n) is 2.33. The number of aromatic nitrogens is 1. The van der Waals surface area contributed by atoms with Gasteiger partial charge >= 0.3 is 0 Å². The summed E-state index contributed by atoms with van der Waals surface area (Å²) in [5.74, 6) is -3.44. The summed E-state index contributed by atoms with van der Waals surface area (Å²) in [6, 6.07) is 1.06. The van der Waals surface area contributed by atoms with Crippen molar-refractivity contribution < 1.29 is 18.4 Å². The van der Waals surface area contributed by atoms with E-state index in [1.54, 1.807) is 6.92 Å². The zero-order valence-electron chi connectivity index (χ0n) is 7.38. The van der Waals surface area contributed by atoms with Crippen molar-refractivity contribution in [1.29, 1.82) is 0 Å². The highest BCUT2D eigenvalue weighted by atomic mass is 19.2. The van der Waals surface area contributed by atoms with E-state index in [0.29, 0.717) is 0 Å². The van der Waals surface area contributed by atoms with Gasteiger partial charge in [-0.3, -0.25) is 9.63 Å². The van der Waals surface area contributed by atoms with Crippen LogP contribution in [-0.4, -0.2) is 17.5 Å². The third kappa shape index (κ3) is 2.23. The topological polar surface area (TPSA) is 51.2 Å². The molecule has 6 heteroatoms. The van der Waals surface area contributed by atoms with Gasteiger partial charge in [0.05, 0.1) is 12.2 Å². The van der Waals surface area contributed by atoms with Gasteiger partial charge < -0.3 is 0 Å². The number of pyridine rings is 1. The first-order chi connectivity index (χ1) is 6.66. The summed E-state index contributed by atoms with van der Waals surface area (Å²) in [6.07, 6.45) is 0.999. The lowest BCUT2D eigenvalue weighted by Gasteiger charge is -2.04. The van der Waals surface area contributed by atoms with Gasteiger partial charge in [-0.1, -0.05) is 0 Å². The molecule has 0 radical (unpaired) electrons. The average Bonchev–Trinajstić information content (AvgIpc) is 2.18. The van der Waals surface area contributed by atoms with Crippen molar-refractivity contribution in [2.75, 3.05) is 6.61 Å².